The van der Waals surface area contributed by atoms with Crippen molar-refractivity contribution in [2.24, 2.45) is 5.92 Å². The number of sulfonamides is 1. The summed E-state index contributed by atoms with van der Waals surface area (Å²) in [5, 5.41) is 0. The summed E-state index contributed by atoms with van der Waals surface area (Å²) in [5.41, 5.74) is 0.275. The molecular weight excluding hydrogens is 376 g/mol. The number of benzene rings is 1. The van der Waals surface area contributed by atoms with E-state index in [1.165, 1.54) is 38.2 Å². The van der Waals surface area contributed by atoms with E-state index in [-0.39, 0.29) is 17.1 Å². The molecule has 1 saturated heterocycles. The first-order valence-electron chi connectivity index (χ1n) is 10.5. The summed E-state index contributed by atoms with van der Waals surface area (Å²) < 4.78 is 32.8. The maximum Gasteiger partial charge on any atom is 0.338 e. The Balaban J connectivity index is 1.65. The molecule has 1 heterocycles. The van der Waals surface area contributed by atoms with Crippen molar-refractivity contribution in [1.82, 2.24) is 9.21 Å². The number of nitrogens with zero attached hydrogens (tertiary/aromatic N) is 2. The lowest BCUT2D eigenvalue weighted by Gasteiger charge is -2.28. The Kier molecular flexibility index (Phi) is 7.48. The second-order valence-corrected chi connectivity index (χ2v) is 9.75. The van der Waals surface area contributed by atoms with Gasteiger partial charge in [-0.3, -0.25) is 0 Å². The number of rotatable bonds is 6. The highest BCUT2D eigenvalue weighted by Gasteiger charge is 2.28. The number of carbonyl (C=O) groups excluding carboxylic acids is 1. The number of ether oxygens (including phenoxy) is 1. The quantitative estimate of drug-likeness (QED) is 0.677. The van der Waals surface area contributed by atoms with Crippen LogP contribution in [0.3, 0.4) is 0 Å². The highest BCUT2D eigenvalue weighted by Crippen LogP contribution is 2.25. The van der Waals surface area contributed by atoms with Crippen molar-refractivity contribution in [3.8, 4) is 0 Å². The topological polar surface area (TPSA) is 66.9 Å². The van der Waals surface area contributed by atoms with Gasteiger partial charge < -0.3 is 9.64 Å². The molecule has 2 fully saturated rings. The average molecular weight is 409 g/mol. The molecule has 1 aromatic carbocycles. The molecule has 1 saturated carbocycles. The third kappa shape index (κ3) is 5.33. The fourth-order valence-corrected chi connectivity index (χ4v) is 5.77. The maximum absolute atomic E-state index is 13.1. The van der Waals surface area contributed by atoms with E-state index in [4.69, 9.17) is 4.74 Å². The highest BCUT2D eigenvalue weighted by atomic mass is 32.2. The van der Waals surface area contributed by atoms with Crippen LogP contribution in [0.5, 0.6) is 0 Å². The number of carbonyl (C=O) groups is 1. The smallest absolute Gasteiger partial charge is 0.338 e. The summed E-state index contributed by atoms with van der Waals surface area (Å²) in [5.74, 6) is 0.271. The molecule has 3 rings (SSSR count). The minimum Gasteiger partial charge on any atom is -0.462 e. The van der Waals surface area contributed by atoms with Crippen molar-refractivity contribution in [2.45, 2.75) is 50.3 Å². The molecule has 0 amide bonds. The Morgan fingerprint density at radius 3 is 2.61 bits per heavy atom. The molecule has 6 nitrogen and oxygen atoms in total. The van der Waals surface area contributed by atoms with Crippen molar-refractivity contribution >= 4 is 16.0 Å². The second kappa shape index (κ2) is 9.85. The van der Waals surface area contributed by atoms with E-state index in [1.807, 2.05) is 0 Å². The van der Waals surface area contributed by atoms with E-state index in [1.54, 1.807) is 29.4 Å². The maximum atomic E-state index is 13.1. The van der Waals surface area contributed by atoms with Gasteiger partial charge >= 0.3 is 5.97 Å². The predicted molar refractivity (Wildman–Crippen MR) is 109 cm³/mol. The van der Waals surface area contributed by atoms with Gasteiger partial charge in [0, 0.05) is 26.2 Å². The van der Waals surface area contributed by atoms with E-state index in [0.717, 1.165) is 32.0 Å². The van der Waals surface area contributed by atoms with Gasteiger partial charge in [-0.1, -0.05) is 25.3 Å². The van der Waals surface area contributed by atoms with Crippen LogP contribution in [-0.2, 0) is 14.8 Å². The van der Waals surface area contributed by atoms with Crippen molar-refractivity contribution in [1.29, 1.82) is 0 Å². The molecule has 1 aliphatic carbocycles. The van der Waals surface area contributed by atoms with Crippen LogP contribution in [0.1, 0.15) is 55.8 Å². The summed E-state index contributed by atoms with van der Waals surface area (Å²) in [7, 11) is -3.61. The predicted octanol–water partition coefficient (Wildman–Crippen LogP) is 3.14. The third-order valence-corrected chi connectivity index (χ3v) is 7.67. The van der Waals surface area contributed by atoms with Crippen LogP contribution in [0.4, 0.5) is 0 Å². The van der Waals surface area contributed by atoms with Crippen LogP contribution in [0.2, 0.25) is 0 Å². The Labute approximate surface area is 168 Å². The largest absolute Gasteiger partial charge is 0.462 e. The van der Waals surface area contributed by atoms with Crippen molar-refractivity contribution in [3.63, 3.8) is 0 Å². The molecule has 156 valence electrons. The molecule has 0 N–H and O–H groups in total. The number of esters is 1. The van der Waals surface area contributed by atoms with Crippen LogP contribution >= 0.6 is 0 Å². The third-order valence-electron chi connectivity index (χ3n) is 5.77. The molecule has 28 heavy (non-hydrogen) atoms. The van der Waals surface area contributed by atoms with Gasteiger partial charge in [0.25, 0.3) is 0 Å². The zero-order valence-corrected chi connectivity index (χ0v) is 17.6. The number of hydrogen-bond donors (Lipinski definition) is 0. The van der Waals surface area contributed by atoms with Gasteiger partial charge in [0.1, 0.15) is 0 Å². The fourth-order valence-electron chi connectivity index (χ4n) is 4.25. The van der Waals surface area contributed by atoms with Crippen molar-refractivity contribution in [2.75, 3.05) is 39.3 Å². The van der Waals surface area contributed by atoms with Gasteiger partial charge in [0.15, 0.2) is 0 Å². The van der Waals surface area contributed by atoms with Gasteiger partial charge in [0.2, 0.25) is 10.0 Å². The zero-order valence-electron chi connectivity index (χ0n) is 16.8. The van der Waals surface area contributed by atoms with Crippen LogP contribution < -0.4 is 0 Å². The summed E-state index contributed by atoms with van der Waals surface area (Å²) in [4.78, 5) is 14.5. The second-order valence-electron chi connectivity index (χ2n) is 7.81. The van der Waals surface area contributed by atoms with Crippen LogP contribution in [0, 0.1) is 5.92 Å². The summed E-state index contributed by atoms with van der Waals surface area (Å²) in [6.45, 7) is 5.82. The van der Waals surface area contributed by atoms with Crippen molar-refractivity contribution < 1.29 is 17.9 Å². The first-order valence-corrected chi connectivity index (χ1v) is 11.9. The molecular formula is C21H32N2O4S. The average Bonchev–Trinajstić information content (AvgIpc) is 2.95. The SMILES string of the molecule is CCOC(=O)c1cccc(S(=O)(=O)N2CCCN(CC3CCCCC3)CC2)c1. The molecule has 1 aliphatic heterocycles. The standard InChI is InChI=1S/C21H32N2O4S/c1-2-27-21(24)19-10-6-11-20(16-19)28(25,26)23-13-7-12-22(14-15-23)17-18-8-4-3-5-9-18/h6,10-11,16,18H,2-5,7-9,12-15,17H2,1H3. The van der Waals surface area contributed by atoms with Gasteiger partial charge in [-0.15, -0.1) is 0 Å². The van der Waals surface area contributed by atoms with E-state index in [2.05, 4.69) is 4.90 Å². The van der Waals surface area contributed by atoms with Crippen LogP contribution in [-0.4, -0.2) is 62.9 Å². The number of hydrogen-bond acceptors (Lipinski definition) is 5. The van der Waals surface area contributed by atoms with Crippen molar-refractivity contribution in [3.05, 3.63) is 29.8 Å². The first-order chi connectivity index (χ1) is 13.5. The minimum atomic E-state index is -3.61. The summed E-state index contributed by atoms with van der Waals surface area (Å²) in [6, 6.07) is 6.18. The van der Waals surface area contributed by atoms with Gasteiger partial charge in [0.05, 0.1) is 17.1 Å². The lowest BCUT2D eigenvalue weighted by atomic mass is 9.89. The molecule has 7 heteroatoms. The summed E-state index contributed by atoms with van der Waals surface area (Å²) >= 11 is 0. The summed E-state index contributed by atoms with van der Waals surface area (Å²) in [6.07, 6.45) is 7.46. The Morgan fingerprint density at radius 2 is 1.86 bits per heavy atom. The fraction of sp³-hybridized carbons (Fsp3) is 0.667. The molecule has 2 aliphatic rings. The molecule has 0 bridgehead atoms. The van der Waals surface area contributed by atoms with Crippen LogP contribution in [0.25, 0.3) is 0 Å². The Morgan fingerprint density at radius 1 is 1.07 bits per heavy atom. The molecule has 1 aromatic rings. The zero-order chi connectivity index (χ0) is 20.0. The highest BCUT2D eigenvalue weighted by molar-refractivity contribution is 7.89. The monoisotopic (exact) mass is 408 g/mol. The normalized spacial score (nSPS) is 20.6. The van der Waals surface area contributed by atoms with Crippen LogP contribution in [0.15, 0.2) is 29.2 Å². The van der Waals surface area contributed by atoms with Gasteiger partial charge in [-0.25, -0.2) is 13.2 Å². The van der Waals surface area contributed by atoms with E-state index < -0.39 is 16.0 Å². The molecule has 0 spiro atoms. The van der Waals surface area contributed by atoms with Gasteiger partial charge in [-0.2, -0.15) is 4.31 Å². The molecule has 0 aromatic heterocycles. The lowest BCUT2D eigenvalue weighted by Crippen LogP contribution is -2.37. The first kappa shape index (κ1) is 21.3. The molecule has 0 atom stereocenters. The Hall–Kier alpha value is -1.44. The molecule has 0 unspecified atom stereocenters. The molecule has 0 radical (unpaired) electrons. The Bertz CT molecular complexity index is 759. The van der Waals surface area contributed by atoms with E-state index in [0.29, 0.717) is 13.1 Å². The van der Waals surface area contributed by atoms with E-state index in [9.17, 15) is 13.2 Å². The van der Waals surface area contributed by atoms with Gasteiger partial charge in [-0.05, 0) is 56.8 Å². The van der Waals surface area contributed by atoms with E-state index >= 15 is 0 Å². The minimum absolute atomic E-state index is 0.166. The lowest BCUT2D eigenvalue weighted by molar-refractivity contribution is 0.0526.